The molecular formula is C14H23N3O2S. The average molecular weight is 297 g/mol. The van der Waals surface area contributed by atoms with Gasteiger partial charge < -0.3 is 10.2 Å². The van der Waals surface area contributed by atoms with E-state index < -0.39 is 10.0 Å². The number of benzene rings is 1. The van der Waals surface area contributed by atoms with Crippen LogP contribution in [0.4, 0.5) is 5.69 Å². The molecule has 0 aromatic heterocycles. The van der Waals surface area contributed by atoms with Gasteiger partial charge in [-0.3, -0.25) is 0 Å². The molecule has 0 atom stereocenters. The molecule has 1 aromatic rings. The van der Waals surface area contributed by atoms with E-state index in [0.717, 1.165) is 26.2 Å². The topological polar surface area (TPSA) is 52.6 Å². The maximum absolute atomic E-state index is 11.5. The number of sulfonamides is 1. The van der Waals surface area contributed by atoms with Crippen LogP contribution >= 0.6 is 0 Å². The first-order valence-electron chi connectivity index (χ1n) is 7.00. The highest BCUT2D eigenvalue weighted by Crippen LogP contribution is 2.18. The minimum Gasteiger partial charge on any atom is -0.369 e. The van der Waals surface area contributed by atoms with Crippen molar-refractivity contribution in [3.05, 3.63) is 29.8 Å². The second-order valence-electron chi connectivity index (χ2n) is 5.10. The number of hydrogen-bond donors (Lipinski definition) is 1. The summed E-state index contributed by atoms with van der Waals surface area (Å²) in [6.07, 6.45) is 1.28. The van der Waals surface area contributed by atoms with Crippen LogP contribution in [0.15, 0.2) is 24.3 Å². The summed E-state index contributed by atoms with van der Waals surface area (Å²) in [5.41, 5.74) is 2.43. The highest BCUT2D eigenvalue weighted by Gasteiger charge is 2.23. The summed E-state index contributed by atoms with van der Waals surface area (Å²) in [6.45, 7) is 6.58. The monoisotopic (exact) mass is 297 g/mol. The van der Waals surface area contributed by atoms with Gasteiger partial charge in [0.2, 0.25) is 10.0 Å². The van der Waals surface area contributed by atoms with Gasteiger partial charge in [0.15, 0.2) is 0 Å². The van der Waals surface area contributed by atoms with Crippen LogP contribution in [-0.2, 0) is 16.6 Å². The summed E-state index contributed by atoms with van der Waals surface area (Å²) in [6, 6.07) is 8.48. The minimum atomic E-state index is -3.05. The van der Waals surface area contributed by atoms with Gasteiger partial charge in [0.25, 0.3) is 0 Å². The fourth-order valence-corrected chi connectivity index (χ4v) is 3.20. The summed E-state index contributed by atoms with van der Waals surface area (Å²) in [5, 5.41) is 3.30. The summed E-state index contributed by atoms with van der Waals surface area (Å²) in [7, 11) is -3.05. The lowest BCUT2D eigenvalue weighted by molar-refractivity contribution is 0.388. The van der Waals surface area contributed by atoms with Gasteiger partial charge in [-0.25, -0.2) is 8.42 Å². The standard InChI is InChI=1S/C14H23N3O2S/c1-3-15-12-13-4-6-14(7-5-13)16-8-10-17(11-9-16)20(2,18)19/h4-7,15H,3,8-12H2,1-2H3. The number of nitrogens with one attached hydrogen (secondary N) is 1. The molecule has 0 unspecified atom stereocenters. The Hall–Kier alpha value is -1.11. The van der Waals surface area contributed by atoms with E-state index >= 15 is 0 Å². The van der Waals surface area contributed by atoms with Crippen LogP contribution in [0, 0.1) is 0 Å². The molecule has 0 saturated carbocycles. The molecule has 0 aliphatic carbocycles. The maximum atomic E-state index is 11.5. The first kappa shape index (κ1) is 15.3. The van der Waals surface area contributed by atoms with E-state index in [9.17, 15) is 8.42 Å². The number of anilines is 1. The lowest BCUT2D eigenvalue weighted by Crippen LogP contribution is -2.48. The molecule has 2 rings (SSSR count). The van der Waals surface area contributed by atoms with Crippen LogP contribution in [-0.4, -0.2) is 51.7 Å². The van der Waals surface area contributed by atoms with Crippen LogP contribution in [0.3, 0.4) is 0 Å². The van der Waals surface area contributed by atoms with Crippen LogP contribution in [0.5, 0.6) is 0 Å². The molecule has 1 aliphatic rings. The summed E-state index contributed by atoms with van der Waals surface area (Å²) in [4.78, 5) is 2.23. The SMILES string of the molecule is CCNCc1ccc(N2CCN(S(C)(=O)=O)CC2)cc1. The zero-order valence-electron chi connectivity index (χ0n) is 12.2. The first-order valence-corrected chi connectivity index (χ1v) is 8.85. The molecular weight excluding hydrogens is 274 g/mol. The molecule has 0 amide bonds. The number of piperazine rings is 1. The lowest BCUT2D eigenvalue weighted by atomic mass is 10.2. The Morgan fingerprint density at radius 3 is 2.20 bits per heavy atom. The van der Waals surface area contributed by atoms with E-state index in [1.54, 1.807) is 4.31 Å². The van der Waals surface area contributed by atoms with Crippen molar-refractivity contribution in [3.63, 3.8) is 0 Å². The van der Waals surface area contributed by atoms with Crippen LogP contribution in [0.25, 0.3) is 0 Å². The van der Waals surface area contributed by atoms with Crippen molar-refractivity contribution in [1.29, 1.82) is 0 Å². The maximum Gasteiger partial charge on any atom is 0.211 e. The van der Waals surface area contributed by atoms with Gasteiger partial charge in [-0.15, -0.1) is 0 Å². The van der Waals surface area contributed by atoms with Crippen LogP contribution < -0.4 is 10.2 Å². The lowest BCUT2D eigenvalue weighted by Gasteiger charge is -2.34. The Bertz CT molecular complexity index is 520. The summed E-state index contributed by atoms with van der Waals surface area (Å²) < 4.78 is 24.5. The first-order chi connectivity index (χ1) is 9.50. The average Bonchev–Trinajstić information content (AvgIpc) is 2.45. The molecule has 5 nitrogen and oxygen atoms in total. The quantitative estimate of drug-likeness (QED) is 0.876. The molecule has 1 saturated heterocycles. The Morgan fingerprint density at radius 2 is 1.70 bits per heavy atom. The molecule has 112 valence electrons. The summed E-state index contributed by atoms with van der Waals surface area (Å²) >= 11 is 0. The van der Waals surface area contributed by atoms with Crippen molar-refractivity contribution in [1.82, 2.24) is 9.62 Å². The Balaban J connectivity index is 1.93. The zero-order chi connectivity index (χ0) is 14.6. The largest absolute Gasteiger partial charge is 0.369 e. The van der Waals surface area contributed by atoms with Gasteiger partial charge in [0.1, 0.15) is 0 Å². The van der Waals surface area contributed by atoms with Crippen molar-refractivity contribution in [3.8, 4) is 0 Å². The second kappa shape index (κ2) is 6.56. The fraction of sp³-hybridized carbons (Fsp3) is 0.571. The number of hydrogen-bond acceptors (Lipinski definition) is 4. The third kappa shape index (κ3) is 3.94. The molecule has 1 fully saturated rings. The highest BCUT2D eigenvalue weighted by atomic mass is 32.2. The van der Waals surface area contributed by atoms with Gasteiger partial charge in [-0.2, -0.15) is 4.31 Å². The van der Waals surface area contributed by atoms with Crippen molar-refractivity contribution in [2.75, 3.05) is 43.9 Å². The number of nitrogens with zero attached hydrogens (tertiary/aromatic N) is 2. The van der Waals surface area contributed by atoms with Gasteiger partial charge in [0, 0.05) is 38.4 Å². The minimum absolute atomic E-state index is 0.567. The Kier molecular flexibility index (Phi) is 5.01. The number of rotatable bonds is 5. The van der Waals surface area contributed by atoms with Crippen molar-refractivity contribution >= 4 is 15.7 Å². The van der Waals surface area contributed by atoms with Crippen LogP contribution in [0.2, 0.25) is 0 Å². The van der Waals surface area contributed by atoms with Gasteiger partial charge in [-0.1, -0.05) is 19.1 Å². The van der Waals surface area contributed by atoms with Crippen LogP contribution in [0.1, 0.15) is 12.5 Å². The molecule has 1 aliphatic heterocycles. The summed E-state index contributed by atoms with van der Waals surface area (Å²) in [5.74, 6) is 0. The van der Waals surface area contributed by atoms with Gasteiger partial charge in [0.05, 0.1) is 6.26 Å². The normalized spacial score (nSPS) is 17.4. The molecule has 0 bridgehead atoms. The van der Waals surface area contributed by atoms with Gasteiger partial charge in [-0.05, 0) is 24.2 Å². The third-order valence-corrected chi connectivity index (χ3v) is 4.89. The van der Waals surface area contributed by atoms with E-state index in [1.165, 1.54) is 17.5 Å². The molecule has 1 heterocycles. The van der Waals surface area contributed by atoms with Crippen molar-refractivity contribution in [2.45, 2.75) is 13.5 Å². The predicted molar refractivity (Wildman–Crippen MR) is 82.5 cm³/mol. The van der Waals surface area contributed by atoms with E-state index in [2.05, 4.69) is 41.4 Å². The third-order valence-electron chi connectivity index (χ3n) is 3.59. The van der Waals surface area contributed by atoms with E-state index in [0.29, 0.717) is 13.1 Å². The van der Waals surface area contributed by atoms with Crippen molar-refractivity contribution in [2.24, 2.45) is 0 Å². The zero-order valence-corrected chi connectivity index (χ0v) is 13.0. The highest BCUT2D eigenvalue weighted by molar-refractivity contribution is 7.88. The Labute approximate surface area is 121 Å². The molecule has 0 spiro atoms. The second-order valence-corrected chi connectivity index (χ2v) is 7.08. The smallest absolute Gasteiger partial charge is 0.211 e. The van der Waals surface area contributed by atoms with E-state index in [1.807, 2.05) is 0 Å². The van der Waals surface area contributed by atoms with E-state index in [-0.39, 0.29) is 0 Å². The molecule has 1 N–H and O–H groups in total. The molecule has 0 radical (unpaired) electrons. The fourth-order valence-electron chi connectivity index (χ4n) is 2.37. The molecule has 1 aromatic carbocycles. The van der Waals surface area contributed by atoms with Crippen molar-refractivity contribution < 1.29 is 8.42 Å². The molecule has 6 heteroatoms. The van der Waals surface area contributed by atoms with E-state index in [4.69, 9.17) is 0 Å². The predicted octanol–water partition coefficient (Wildman–Crippen LogP) is 0.878. The molecule has 20 heavy (non-hydrogen) atoms. The Morgan fingerprint density at radius 1 is 1.10 bits per heavy atom. The van der Waals surface area contributed by atoms with Gasteiger partial charge >= 0.3 is 0 Å².